The van der Waals surface area contributed by atoms with Gasteiger partial charge in [0.2, 0.25) is 12.7 Å². The fourth-order valence-electron chi connectivity index (χ4n) is 3.78. The van der Waals surface area contributed by atoms with Gasteiger partial charge in [-0.15, -0.1) is 0 Å². The van der Waals surface area contributed by atoms with Crippen molar-refractivity contribution in [2.24, 2.45) is 5.92 Å². The molecule has 1 aromatic carbocycles. The van der Waals surface area contributed by atoms with Crippen LogP contribution in [0.4, 0.5) is 5.69 Å². The lowest BCUT2D eigenvalue weighted by Crippen LogP contribution is -2.40. The second kappa shape index (κ2) is 7.98. The molecule has 3 heterocycles. The summed E-state index contributed by atoms with van der Waals surface area (Å²) in [5.41, 5.74) is 1.30. The maximum absolute atomic E-state index is 12.6. The number of carbonyl (C=O) groups is 3. The molecule has 2 aliphatic rings. The summed E-state index contributed by atoms with van der Waals surface area (Å²) >= 11 is 0. The largest absolute Gasteiger partial charge is 0.472 e. The molecule has 2 aliphatic heterocycles. The van der Waals surface area contributed by atoms with Crippen molar-refractivity contribution in [1.82, 2.24) is 4.90 Å². The van der Waals surface area contributed by atoms with Gasteiger partial charge in [0, 0.05) is 31.1 Å². The highest BCUT2D eigenvalue weighted by molar-refractivity contribution is 6.04. The van der Waals surface area contributed by atoms with E-state index in [4.69, 9.17) is 13.9 Å². The normalized spacial score (nSPS) is 17.8. The predicted octanol–water partition coefficient (Wildman–Crippen LogP) is 3.09. The summed E-state index contributed by atoms with van der Waals surface area (Å²) in [5.74, 6) is 0.587. The number of ether oxygens (including phenoxy) is 2. The summed E-state index contributed by atoms with van der Waals surface area (Å²) in [6, 6.07) is 4.85. The number of amides is 2. The van der Waals surface area contributed by atoms with E-state index < -0.39 is 0 Å². The van der Waals surface area contributed by atoms with Crippen LogP contribution in [0.15, 0.2) is 35.1 Å². The summed E-state index contributed by atoms with van der Waals surface area (Å²) in [5, 5.41) is 2.83. The Labute approximate surface area is 167 Å². The molecule has 0 saturated carbocycles. The van der Waals surface area contributed by atoms with E-state index in [1.807, 2.05) is 0 Å². The Hall–Kier alpha value is -3.29. The summed E-state index contributed by atoms with van der Waals surface area (Å²) < 4.78 is 15.6. The number of anilines is 1. The number of hydrogen-bond donors (Lipinski definition) is 1. The quantitative estimate of drug-likeness (QED) is 0.777. The number of Topliss-reactive ketones (excluding diaryl/α,β-unsaturated/α-hetero) is 1. The number of rotatable bonds is 5. The van der Waals surface area contributed by atoms with Gasteiger partial charge in [0.1, 0.15) is 6.26 Å². The van der Waals surface area contributed by atoms with E-state index in [9.17, 15) is 14.4 Å². The predicted molar refractivity (Wildman–Crippen MR) is 103 cm³/mol. The van der Waals surface area contributed by atoms with E-state index in [0.29, 0.717) is 41.4 Å². The Morgan fingerprint density at radius 2 is 2.00 bits per heavy atom. The average Bonchev–Trinajstić information content (AvgIpc) is 3.38. The average molecular weight is 398 g/mol. The molecule has 0 bridgehead atoms. The van der Waals surface area contributed by atoms with Crippen LogP contribution in [0, 0.1) is 5.92 Å². The molecule has 2 amide bonds. The van der Waals surface area contributed by atoms with Crippen LogP contribution in [-0.2, 0) is 4.79 Å². The minimum absolute atomic E-state index is 0.0504. The number of benzene rings is 1. The molecule has 1 aromatic heterocycles. The highest BCUT2D eigenvalue weighted by atomic mass is 16.7. The number of nitrogens with one attached hydrogen (secondary N) is 1. The van der Waals surface area contributed by atoms with Crippen molar-refractivity contribution >= 4 is 23.3 Å². The number of hydrogen-bond acceptors (Lipinski definition) is 6. The van der Waals surface area contributed by atoms with Gasteiger partial charge >= 0.3 is 0 Å². The number of likely N-dealkylation sites (tertiary alicyclic amines) is 1. The topological polar surface area (TPSA) is 98.1 Å². The van der Waals surface area contributed by atoms with Crippen molar-refractivity contribution in [2.45, 2.75) is 26.2 Å². The lowest BCUT2D eigenvalue weighted by atomic mass is 9.94. The third kappa shape index (κ3) is 4.11. The zero-order chi connectivity index (χ0) is 20.4. The Kier molecular flexibility index (Phi) is 5.24. The van der Waals surface area contributed by atoms with Gasteiger partial charge in [-0.25, -0.2) is 0 Å². The molecule has 1 saturated heterocycles. The first kappa shape index (κ1) is 19.0. The number of piperidine rings is 1. The van der Waals surface area contributed by atoms with Crippen LogP contribution < -0.4 is 14.8 Å². The Morgan fingerprint density at radius 3 is 2.72 bits per heavy atom. The number of furan rings is 1. The van der Waals surface area contributed by atoms with Crippen LogP contribution in [0.25, 0.3) is 0 Å². The van der Waals surface area contributed by atoms with Crippen LogP contribution in [0.5, 0.6) is 11.5 Å². The van der Waals surface area contributed by atoms with Gasteiger partial charge in [-0.1, -0.05) is 0 Å². The zero-order valence-electron chi connectivity index (χ0n) is 16.1. The fraction of sp³-hybridized carbons (Fsp3) is 0.381. The van der Waals surface area contributed by atoms with Crippen molar-refractivity contribution < 1.29 is 28.3 Å². The smallest absolute Gasteiger partial charge is 0.257 e. The van der Waals surface area contributed by atoms with E-state index in [1.54, 1.807) is 23.1 Å². The molecular formula is C21H22N2O6. The summed E-state index contributed by atoms with van der Waals surface area (Å²) in [7, 11) is 0. The minimum atomic E-state index is -0.200. The summed E-state index contributed by atoms with van der Waals surface area (Å²) in [6.45, 7) is 2.71. The van der Waals surface area contributed by atoms with Crippen molar-refractivity contribution in [3.63, 3.8) is 0 Å². The van der Waals surface area contributed by atoms with Crippen molar-refractivity contribution in [1.29, 1.82) is 0 Å². The van der Waals surface area contributed by atoms with Crippen LogP contribution >= 0.6 is 0 Å². The molecule has 152 valence electrons. The second-order valence-corrected chi connectivity index (χ2v) is 7.33. The van der Waals surface area contributed by atoms with Gasteiger partial charge in [-0.2, -0.15) is 0 Å². The third-order valence-electron chi connectivity index (χ3n) is 5.21. The van der Waals surface area contributed by atoms with E-state index in [0.717, 1.165) is 12.8 Å². The highest BCUT2D eigenvalue weighted by Gasteiger charge is 2.27. The van der Waals surface area contributed by atoms with E-state index in [1.165, 1.54) is 19.5 Å². The molecule has 8 nitrogen and oxygen atoms in total. The standard InChI is InChI=1S/C21H22N2O6/c1-13(24)16-8-18-19(29-12-28-18)9-17(16)22-20(25)7-14-3-2-5-23(10-14)21(26)15-4-6-27-11-15/h4,6,8-9,11,14H,2-3,5,7,10,12H2,1H3,(H,22,25). The molecule has 4 rings (SSSR count). The van der Waals surface area contributed by atoms with Gasteiger partial charge in [0.25, 0.3) is 5.91 Å². The minimum Gasteiger partial charge on any atom is -0.472 e. The highest BCUT2D eigenvalue weighted by Crippen LogP contribution is 2.37. The molecular weight excluding hydrogens is 376 g/mol. The number of fused-ring (bicyclic) bond motifs is 1. The van der Waals surface area contributed by atoms with Crippen LogP contribution in [0.3, 0.4) is 0 Å². The SMILES string of the molecule is CC(=O)c1cc2c(cc1NC(=O)CC1CCCN(C(=O)c3ccoc3)C1)OCO2. The van der Waals surface area contributed by atoms with Gasteiger partial charge in [0.15, 0.2) is 17.3 Å². The summed E-state index contributed by atoms with van der Waals surface area (Å²) in [4.78, 5) is 38.9. The van der Waals surface area contributed by atoms with Gasteiger partial charge in [0.05, 0.1) is 17.5 Å². The second-order valence-electron chi connectivity index (χ2n) is 7.33. The van der Waals surface area contributed by atoms with Crippen LogP contribution in [-0.4, -0.2) is 42.4 Å². The number of ketones is 1. The lowest BCUT2D eigenvalue weighted by Gasteiger charge is -2.32. The molecule has 1 N–H and O–H groups in total. The first-order chi connectivity index (χ1) is 14.0. The first-order valence-electron chi connectivity index (χ1n) is 9.57. The molecule has 0 aliphatic carbocycles. The molecule has 0 radical (unpaired) electrons. The fourth-order valence-corrected chi connectivity index (χ4v) is 3.78. The van der Waals surface area contributed by atoms with Crippen molar-refractivity contribution in [3.8, 4) is 11.5 Å². The molecule has 8 heteroatoms. The van der Waals surface area contributed by atoms with Gasteiger partial charge < -0.3 is 24.1 Å². The van der Waals surface area contributed by atoms with Crippen LogP contribution in [0.2, 0.25) is 0 Å². The van der Waals surface area contributed by atoms with Crippen LogP contribution in [0.1, 0.15) is 46.9 Å². The number of carbonyl (C=O) groups excluding carboxylic acids is 3. The summed E-state index contributed by atoms with van der Waals surface area (Å²) in [6.07, 6.45) is 4.87. The van der Waals surface area contributed by atoms with Crippen molar-refractivity contribution in [3.05, 3.63) is 41.9 Å². The Balaban J connectivity index is 1.41. The Bertz CT molecular complexity index is 937. The molecule has 29 heavy (non-hydrogen) atoms. The molecule has 1 fully saturated rings. The first-order valence-corrected chi connectivity index (χ1v) is 9.57. The van der Waals surface area contributed by atoms with Crippen molar-refractivity contribution in [2.75, 3.05) is 25.2 Å². The molecule has 1 atom stereocenters. The third-order valence-corrected chi connectivity index (χ3v) is 5.21. The molecule has 0 spiro atoms. The zero-order valence-corrected chi connectivity index (χ0v) is 16.1. The Morgan fingerprint density at radius 1 is 1.21 bits per heavy atom. The lowest BCUT2D eigenvalue weighted by molar-refractivity contribution is -0.117. The van der Waals surface area contributed by atoms with E-state index >= 15 is 0 Å². The van der Waals surface area contributed by atoms with E-state index in [-0.39, 0.29) is 36.7 Å². The van der Waals surface area contributed by atoms with Gasteiger partial charge in [-0.05, 0) is 37.8 Å². The maximum atomic E-state index is 12.6. The maximum Gasteiger partial charge on any atom is 0.257 e. The number of nitrogens with zero attached hydrogens (tertiary/aromatic N) is 1. The van der Waals surface area contributed by atoms with Gasteiger partial charge in [-0.3, -0.25) is 14.4 Å². The molecule has 1 unspecified atom stereocenters. The van der Waals surface area contributed by atoms with E-state index in [2.05, 4.69) is 5.32 Å². The molecule has 2 aromatic rings. The monoisotopic (exact) mass is 398 g/mol.